The van der Waals surface area contributed by atoms with E-state index in [0.29, 0.717) is 29.4 Å². The molecule has 0 saturated heterocycles. The first kappa shape index (κ1) is 20.1. The number of carbonyl (C=O) groups excluding carboxylic acids is 2. The molecule has 1 aliphatic heterocycles. The molecule has 0 saturated carbocycles. The van der Waals surface area contributed by atoms with Gasteiger partial charge in [0.05, 0.1) is 12.4 Å². The minimum absolute atomic E-state index is 0.110. The molecule has 0 unspecified atom stereocenters. The third-order valence-corrected chi connectivity index (χ3v) is 5.30. The number of ether oxygens (including phenoxy) is 2. The van der Waals surface area contributed by atoms with E-state index in [1.54, 1.807) is 24.3 Å². The van der Waals surface area contributed by atoms with Gasteiger partial charge in [0.15, 0.2) is 0 Å². The maximum Gasteiger partial charge on any atom is 0.248 e. The third kappa shape index (κ3) is 4.98. The van der Waals surface area contributed by atoms with Crippen LogP contribution in [0.25, 0.3) is 0 Å². The molecule has 0 radical (unpaired) electrons. The normalized spacial score (nSPS) is 14.9. The Morgan fingerprint density at radius 1 is 1.29 bits per heavy atom. The number of nitrogens with one attached hydrogen (secondary N) is 1. The zero-order chi connectivity index (χ0) is 20.1. The second-order valence-corrected chi connectivity index (χ2v) is 7.60. The van der Waals surface area contributed by atoms with Gasteiger partial charge in [-0.05, 0) is 50.2 Å². The summed E-state index contributed by atoms with van der Waals surface area (Å²) in [7, 11) is 0. The maximum atomic E-state index is 12.2. The van der Waals surface area contributed by atoms with Crippen LogP contribution in [0.5, 0.6) is 11.5 Å². The Morgan fingerprint density at radius 2 is 2.04 bits per heavy atom. The van der Waals surface area contributed by atoms with Gasteiger partial charge >= 0.3 is 0 Å². The highest BCUT2D eigenvalue weighted by atomic mass is 32.2. The number of benzene rings is 2. The average molecular weight is 401 g/mol. The van der Waals surface area contributed by atoms with Gasteiger partial charge in [0.1, 0.15) is 17.6 Å². The summed E-state index contributed by atoms with van der Waals surface area (Å²) in [6.07, 6.45) is 1.07. The van der Waals surface area contributed by atoms with Crippen LogP contribution in [0.3, 0.4) is 0 Å². The largest absolute Gasteiger partial charge is 0.494 e. The smallest absolute Gasteiger partial charge is 0.248 e. The number of carbonyl (C=O) groups is 2. The Labute approximate surface area is 168 Å². The summed E-state index contributed by atoms with van der Waals surface area (Å²) in [6.45, 7) is 4.60. The number of hydrogen-bond donors (Lipinski definition) is 2. The SMILES string of the molecule is CCOc1cc2c(cc1CSCC(=O)Nc1ccc(C(N)=O)cc1)O[C@@H](C)C2. The lowest BCUT2D eigenvalue weighted by Gasteiger charge is -2.12. The van der Waals surface area contributed by atoms with Crippen molar-refractivity contribution < 1.29 is 19.1 Å². The van der Waals surface area contributed by atoms with E-state index in [9.17, 15) is 9.59 Å². The Hall–Kier alpha value is -2.67. The summed E-state index contributed by atoms with van der Waals surface area (Å²) in [6, 6.07) is 10.6. The molecule has 0 fully saturated rings. The molecule has 2 aromatic rings. The standard InChI is InChI=1S/C21H24N2O4S/c1-3-26-18-9-15-8-13(2)27-19(15)10-16(18)11-28-12-20(24)23-17-6-4-14(5-7-17)21(22)25/h4-7,9-10,13H,3,8,11-12H2,1-2H3,(H2,22,25)(H,23,24)/t13-/m0/s1. The van der Waals surface area contributed by atoms with Gasteiger partial charge in [-0.1, -0.05) is 0 Å². The molecule has 2 aromatic carbocycles. The minimum atomic E-state index is -0.494. The van der Waals surface area contributed by atoms with Crippen LogP contribution in [0.1, 0.15) is 35.3 Å². The molecule has 6 nitrogen and oxygen atoms in total. The number of rotatable bonds is 8. The van der Waals surface area contributed by atoms with Crippen molar-refractivity contribution in [3.8, 4) is 11.5 Å². The molecule has 28 heavy (non-hydrogen) atoms. The lowest BCUT2D eigenvalue weighted by molar-refractivity contribution is -0.113. The number of anilines is 1. The second-order valence-electron chi connectivity index (χ2n) is 6.62. The zero-order valence-electron chi connectivity index (χ0n) is 16.0. The third-order valence-electron chi connectivity index (χ3n) is 4.32. The Bertz CT molecular complexity index is 867. The van der Waals surface area contributed by atoms with Gasteiger partial charge in [-0.2, -0.15) is 0 Å². The second kappa shape index (κ2) is 9.01. The molecule has 2 amide bonds. The molecule has 1 atom stereocenters. The predicted octanol–water partition coefficient (Wildman–Crippen LogP) is 3.38. The highest BCUT2D eigenvalue weighted by molar-refractivity contribution is 7.99. The lowest BCUT2D eigenvalue weighted by atomic mass is 10.1. The molecule has 148 valence electrons. The summed E-state index contributed by atoms with van der Waals surface area (Å²) in [5.41, 5.74) is 8.44. The molecule has 3 N–H and O–H groups in total. The van der Waals surface area contributed by atoms with Crippen molar-refractivity contribution in [3.05, 3.63) is 53.1 Å². The number of fused-ring (bicyclic) bond motifs is 1. The molecule has 0 spiro atoms. The van der Waals surface area contributed by atoms with Gasteiger partial charge in [0.25, 0.3) is 0 Å². The maximum absolute atomic E-state index is 12.2. The highest BCUT2D eigenvalue weighted by Crippen LogP contribution is 2.36. The van der Waals surface area contributed by atoms with Crippen LogP contribution in [-0.4, -0.2) is 30.3 Å². The van der Waals surface area contributed by atoms with Crippen molar-refractivity contribution in [3.63, 3.8) is 0 Å². The quantitative estimate of drug-likeness (QED) is 0.709. The molecule has 3 rings (SSSR count). The Morgan fingerprint density at radius 3 is 2.71 bits per heavy atom. The van der Waals surface area contributed by atoms with E-state index in [1.165, 1.54) is 17.3 Å². The monoisotopic (exact) mass is 400 g/mol. The molecular formula is C21H24N2O4S. The Kier molecular flexibility index (Phi) is 6.46. The van der Waals surface area contributed by atoms with Gasteiger partial charge in [-0.3, -0.25) is 9.59 Å². The van der Waals surface area contributed by atoms with Crippen molar-refractivity contribution in [2.45, 2.75) is 32.1 Å². The summed E-state index contributed by atoms with van der Waals surface area (Å²) < 4.78 is 11.6. The zero-order valence-corrected chi connectivity index (χ0v) is 16.8. The fraction of sp³-hybridized carbons (Fsp3) is 0.333. The fourth-order valence-electron chi connectivity index (χ4n) is 3.05. The van der Waals surface area contributed by atoms with E-state index in [4.69, 9.17) is 15.2 Å². The van der Waals surface area contributed by atoms with Crippen molar-refractivity contribution >= 4 is 29.3 Å². The Balaban J connectivity index is 1.56. The summed E-state index contributed by atoms with van der Waals surface area (Å²) in [5.74, 6) is 2.11. The summed E-state index contributed by atoms with van der Waals surface area (Å²) in [5, 5.41) is 2.81. The van der Waals surface area contributed by atoms with E-state index in [-0.39, 0.29) is 12.0 Å². The van der Waals surface area contributed by atoms with Crippen molar-refractivity contribution in [1.82, 2.24) is 0 Å². The highest BCUT2D eigenvalue weighted by Gasteiger charge is 2.22. The molecule has 1 aliphatic rings. The predicted molar refractivity (Wildman–Crippen MR) is 111 cm³/mol. The molecule has 7 heteroatoms. The van der Waals surface area contributed by atoms with Gasteiger partial charge in [-0.15, -0.1) is 11.8 Å². The van der Waals surface area contributed by atoms with Crippen LogP contribution in [-0.2, 0) is 17.0 Å². The van der Waals surface area contributed by atoms with Gasteiger partial charge in [0, 0.05) is 34.6 Å². The topological polar surface area (TPSA) is 90.6 Å². The number of amides is 2. The number of hydrogen-bond acceptors (Lipinski definition) is 5. The van der Waals surface area contributed by atoms with Gasteiger partial charge in [-0.25, -0.2) is 0 Å². The average Bonchev–Trinajstić information content (AvgIpc) is 3.01. The van der Waals surface area contributed by atoms with Crippen LogP contribution in [0.4, 0.5) is 5.69 Å². The molecule has 0 bridgehead atoms. The first-order chi connectivity index (χ1) is 13.5. The van der Waals surface area contributed by atoms with Gasteiger partial charge < -0.3 is 20.5 Å². The van der Waals surface area contributed by atoms with Crippen LogP contribution >= 0.6 is 11.8 Å². The van der Waals surface area contributed by atoms with Crippen molar-refractivity contribution in [2.24, 2.45) is 5.73 Å². The fourth-order valence-corrected chi connectivity index (χ4v) is 3.86. The molecule has 0 aromatic heterocycles. The van der Waals surface area contributed by atoms with Crippen molar-refractivity contribution in [1.29, 1.82) is 0 Å². The van der Waals surface area contributed by atoms with Crippen LogP contribution in [0.2, 0.25) is 0 Å². The van der Waals surface area contributed by atoms with Gasteiger partial charge in [0.2, 0.25) is 11.8 Å². The molecular weight excluding hydrogens is 376 g/mol. The van der Waals surface area contributed by atoms with Crippen LogP contribution in [0, 0.1) is 0 Å². The number of primary amides is 1. The van der Waals surface area contributed by atoms with E-state index in [2.05, 4.69) is 18.3 Å². The van der Waals surface area contributed by atoms with Crippen molar-refractivity contribution in [2.75, 3.05) is 17.7 Å². The molecule has 0 aliphatic carbocycles. The van der Waals surface area contributed by atoms with Crippen LogP contribution in [0.15, 0.2) is 36.4 Å². The number of nitrogens with two attached hydrogens (primary N) is 1. The molecule has 1 heterocycles. The summed E-state index contributed by atoms with van der Waals surface area (Å²) in [4.78, 5) is 23.3. The van der Waals surface area contributed by atoms with E-state index in [1.807, 2.05) is 13.0 Å². The number of thioether (sulfide) groups is 1. The minimum Gasteiger partial charge on any atom is -0.494 e. The summed E-state index contributed by atoms with van der Waals surface area (Å²) >= 11 is 1.51. The lowest BCUT2D eigenvalue weighted by Crippen LogP contribution is -2.15. The first-order valence-corrected chi connectivity index (χ1v) is 10.3. The van der Waals surface area contributed by atoms with E-state index < -0.39 is 5.91 Å². The van der Waals surface area contributed by atoms with E-state index in [0.717, 1.165) is 23.5 Å². The van der Waals surface area contributed by atoms with E-state index >= 15 is 0 Å². The first-order valence-electron chi connectivity index (χ1n) is 9.19. The van der Waals surface area contributed by atoms with Crippen LogP contribution < -0.4 is 20.5 Å².